The van der Waals surface area contributed by atoms with Crippen LogP contribution in [0.3, 0.4) is 0 Å². The van der Waals surface area contributed by atoms with Gasteiger partial charge in [0.15, 0.2) is 11.6 Å². The molecule has 0 saturated carbocycles. The van der Waals surface area contributed by atoms with E-state index in [1.807, 2.05) is 38.0 Å². The Labute approximate surface area is 185 Å². The molecule has 0 aromatic heterocycles. The molecule has 3 rings (SSSR count). The number of carbonyl (C=O) groups is 2. The summed E-state index contributed by atoms with van der Waals surface area (Å²) < 4.78 is 0. The van der Waals surface area contributed by atoms with Crippen molar-refractivity contribution in [3.8, 4) is 0 Å². The molecule has 32 heavy (non-hydrogen) atoms. The Hall–Kier alpha value is -3.50. The highest BCUT2D eigenvalue weighted by atomic mass is 16.3. The first kappa shape index (κ1) is 23.2. The molecule has 168 valence electrons. The molecule has 2 aromatic carbocycles. The van der Waals surface area contributed by atoms with Crippen LogP contribution in [-0.4, -0.2) is 75.7 Å². The summed E-state index contributed by atoms with van der Waals surface area (Å²) >= 11 is 0. The monoisotopic (exact) mass is 438 g/mol. The van der Waals surface area contributed by atoms with Crippen LogP contribution in [0.1, 0.15) is 31.8 Å². The smallest absolute Gasteiger partial charge is 0.199 e. The Bertz CT molecular complexity index is 995. The number of hydrogen-bond acceptors (Lipinski definition) is 10. The number of anilines is 2. The summed E-state index contributed by atoms with van der Waals surface area (Å²) in [6.45, 7) is 2.38. The molecule has 0 saturated heterocycles. The van der Waals surface area contributed by atoms with Crippen LogP contribution in [-0.2, 0) is 0 Å². The molecular formula is C22H26N6O4. The lowest BCUT2D eigenvalue weighted by Crippen LogP contribution is -2.27. The first-order valence-electron chi connectivity index (χ1n) is 10.2. The van der Waals surface area contributed by atoms with Crippen molar-refractivity contribution in [1.82, 2.24) is 9.80 Å². The van der Waals surface area contributed by atoms with Gasteiger partial charge in [0.2, 0.25) is 0 Å². The number of hydrogen-bond donors (Lipinski definition) is 2. The fourth-order valence-corrected chi connectivity index (χ4v) is 3.64. The lowest BCUT2D eigenvalue weighted by atomic mass is 9.80. The maximum absolute atomic E-state index is 13.6. The van der Waals surface area contributed by atoms with Gasteiger partial charge in [-0.05, 0) is 62.8 Å². The molecule has 0 spiro atoms. The molecule has 0 aliphatic heterocycles. The Morgan fingerprint density at radius 2 is 1.03 bits per heavy atom. The van der Waals surface area contributed by atoms with Crippen LogP contribution in [0.15, 0.2) is 34.6 Å². The van der Waals surface area contributed by atoms with Gasteiger partial charge in [-0.25, -0.2) is 0 Å². The Morgan fingerprint density at radius 1 is 0.656 bits per heavy atom. The van der Waals surface area contributed by atoms with E-state index in [0.717, 1.165) is 0 Å². The average molecular weight is 438 g/mol. The molecule has 2 N–H and O–H groups in total. The normalized spacial score (nSPS) is 12.6. The van der Waals surface area contributed by atoms with Crippen molar-refractivity contribution in [3.05, 3.63) is 56.3 Å². The highest BCUT2D eigenvalue weighted by Gasteiger charge is 2.38. The van der Waals surface area contributed by atoms with Crippen LogP contribution in [0.2, 0.25) is 0 Å². The number of fused-ring (bicyclic) bond motifs is 2. The fourth-order valence-electron chi connectivity index (χ4n) is 3.64. The van der Waals surface area contributed by atoms with Crippen LogP contribution in [0.5, 0.6) is 0 Å². The molecule has 10 heteroatoms. The number of benzene rings is 2. The Kier molecular flexibility index (Phi) is 7.06. The molecule has 0 bridgehead atoms. The zero-order chi connectivity index (χ0) is 23.4. The number of carbonyl (C=O) groups excluding carboxylic acids is 2. The van der Waals surface area contributed by atoms with Crippen molar-refractivity contribution in [2.24, 2.45) is 10.4 Å². The molecule has 0 fully saturated rings. The van der Waals surface area contributed by atoms with Gasteiger partial charge in [-0.1, -0.05) is 0 Å². The molecule has 0 unspecified atom stereocenters. The summed E-state index contributed by atoms with van der Waals surface area (Å²) in [6.07, 6.45) is 0. The summed E-state index contributed by atoms with van der Waals surface area (Å²) in [5.41, 5.74) is 0.512. The molecule has 0 amide bonds. The van der Waals surface area contributed by atoms with Gasteiger partial charge >= 0.3 is 0 Å². The minimum absolute atomic E-state index is 0.0358. The van der Waals surface area contributed by atoms with Crippen LogP contribution in [0.25, 0.3) is 0 Å². The highest BCUT2D eigenvalue weighted by molar-refractivity contribution is 6.34. The first-order valence-corrected chi connectivity index (χ1v) is 10.2. The van der Waals surface area contributed by atoms with Crippen molar-refractivity contribution in [2.75, 3.05) is 65.0 Å². The molecule has 1 aliphatic carbocycles. The maximum Gasteiger partial charge on any atom is 0.199 e. The quantitative estimate of drug-likeness (QED) is 0.463. The molecule has 2 aromatic rings. The molecular weight excluding hydrogens is 412 g/mol. The zero-order valence-corrected chi connectivity index (χ0v) is 18.6. The van der Waals surface area contributed by atoms with Crippen LogP contribution in [0, 0.1) is 9.81 Å². The average Bonchev–Trinajstić information content (AvgIpc) is 2.76. The zero-order valence-electron chi connectivity index (χ0n) is 18.6. The standard InChI is InChI=1S/C22H26N6O4/c1-27(2)11-9-23-13-5-7-15(25-31)19-17(13)21(29)20-16(26-32)8-6-14(18(20)22(19)30)24-10-12-28(3)4/h5-8,23-24H,9-12H2,1-4H3. The van der Waals surface area contributed by atoms with Gasteiger partial charge in [0.05, 0.1) is 22.3 Å². The van der Waals surface area contributed by atoms with Gasteiger partial charge in [-0.3, -0.25) is 9.59 Å². The van der Waals surface area contributed by atoms with E-state index in [2.05, 4.69) is 21.0 Å². The van der Waals surface area contributed by atoms with Gasteiger partial charge in [0, 0.05) is 37.6 Å². The second kappa shape index (κ2) is 9.75. The molecule has 1 aliphatic rings. The number of nitrogens with zero attached hydrogens (tertiary/aromatic N) is 4. The van der Waals surface area contributed by atoms with E-state index >= 15 is 0 Å². The van der Waals surface area contributed by atoms with Crippen molar-refractivity contribution in [2.45, 2.75) is 0 Å². The fraction of sp³-hybridized carbons (Fsp3) is 0.364. The Morgan fingerprint density at radius 3 is 1.34 bits per heavy atom. The highest BCUT2D eigenvalue weighted by Crippen LogP contribution is 2.43. The van der Waals surface area contributed by atoms with Crippen LogP contribution >= 0.6 is 0 Å². The summed E-state index contributed by atoms with van der Waals surface area (Å²) in [7, 11) is 7.64. The van der Waals surface area contributed by atoms with E-state index in [1.54, 1.807) is 12.1 Å². The van der Waals surface area contributed by atoms with Crippen molar-refractivity contribution >= 4 is 34.3 Å². The third kappa shape index (κ3) is 4.41. The topological polar surface area (TPSA) is 124 Å². The van der Waals surface area contributed by atoms with E-state index in [0.29, 0.717) is 37.6 Å². The number of ketones is 2. The molecule has 10 nitrogen and oxygen atoms in total. The lowest BCUT2D eigenvalue weighted by Gasteiger charge is -2.25. The summed E-state index contributed by atoms with van der Waals surface area (Å²) in [4.78, 5) is 54.0. The predicted octanol–water partition coefficient (Wildman–Crippen LogP) is 3.20. The second-order valence-electron chi connectivity index (χ2n) is 8.07. The predicted molar refractivity (Wildman–Crippen MR) is 125 cm³/mol. The van der Waals surface area contributed by atoms with E-state index in [-0.39, 0.29) is 33.6 Å². The third-order valence-electron chi connectivity index (χ3n) is 5.22. The van der Waals surface area contributed by atoms with Gasteiger partial charge in [-0.15, -0.1) is 9.81 Å². The summed E-state index contributed by atoms with van der Waals surface area (Å²) in [5.74, 6) is -1.09. The molecule has 0 heterocycles. The largest absolute Gasteiger partial charge is 0.383 e. The SMILES string of the molecule is CN(C)CCNc1ccc(N=O)c2c1C(=O)c1c(N=O)ccc(NCCN(C)C)c1C2=O. The van der Waals surface area contributed by atoms with Gasteiger partial charge in [0.1, 0.15) is 11.4 Å². The number of nitroso groups, excluding NO2 is 2. The van der Waals surface area contributed by atoms with Crippen LogP contribution in [0.4, 0.5) is 22.7 Å². The van der Waals surface area contributed by atoms with Crippen molar-refractivity contribution < 1.29 is 9.59 Å². The number of nitrogens with one attached hydrogen (secondary N) is 2. The van der Waals surface area contributed by atoms with E-state index in [1.165, 1.54) is 12.1 Å². The summed E-state index contributed by atoms with van der Waals surface area (Å²) in [5, 5.41) is 12.3. The minimum atomic E-state index is -0.543. The number of rotatable bonds is 10. The minimum Gasteiger partial charge on any atom is -0.383 e. The van der Waals surface area contributed by atoms with Crippen molar-refractivity contribution in [1.29, 1.82) is 0 Å². The van der Waals surface area contributed by atoms with Gasteiger partial charge in [0.25, 0.3) is 0 Å². The maximum atomic E-state index is 13.6. The first-order chi connectivity index (χ1) is 15.3. The van der Waals surface area contributed by atoms with E-state index in [4.69, 9.17) is 0 Å². The molecule has 0 radical (unpaired) electrons. The number of likely N-dealkylation sites (N-methyl/N-ethyl adjacent to an activating group) is 2. The van der Waals surface area contributed by atoms with E-state index < -0.39 is 11.6 Å². The summed E-state index contributed by atoms with van der Waals surface area (Å²) in [6, 6.07) is 5.94. The Balaban J connectivity index is 2.15. The third-order valence-corrected chi connectivity index (χ3v) is 5.22. The van der Waals surface area contributed by atoms with Crippen molar-refractivity contribution in [3.63, 3.8) is 0 Å². The second-order valence-corrected chi connectivity index (χ2v) is 8.07. The molecule has 0 atom stereocenters. The van der Waals surface area contributed by atoms with Crippen LogP contribution < -0.4 is 10.6 Å². The van der Waals surface area contributed by atoms with E-state index in [9.17, 15) is 19.4 Å². The van der Waals surface area contributed by atoms with Gasteiger partial charge < -0.3 is 20.4 Å². The lowest BCUT2D eigenvalue weighted by molar-refractivity contribution is 0.0981. The van der Waals surface area contributed by atoms with Gasteiger partial charge in [-0.2, -0.15) is 0 Å².